The van der Waals surface area contributed by atoms with Crippen LogP contribution in [-0.4, -0.2) is 52.9 Å². The number of ether oxygens (including phenoxy) is 3. The Kier molecular flexibility index (Phi) is 5.55. The lowest BCUT2D eigenvalue weighted by molar-refractivity contribution is -0.243. The Morgan fingerprint density at radius 1 is 1.00 bits per heavy atom. The topological polar surface area (TPSA) is 102 Å². The fraction of sp³-hybridized carbons (Fsp3) is 0.300. The van der Waals surface area contributed by atoms with Crippen molar-refractivity contribution in [2.45, 2.75) is 31.0 Å². The number of carbonyl (C=O) groups excluding carboxylic acids is 2. The van der Waals surface area contributed by atoms with Crippen LogP contribution in [0.3, 0.4) is 0 Å². The lowest BCUT2D eigenvalue weighted by atomic mass is 10.1. The largest absolute Gasteiger partial charge is 0.456 e. The third-order valence-electron chi connectivity index (χ3n) is 4.30. The van der Waals surface area contributed by atoms with E-state index in [0.717, 1.165) is 0 Å². The molecule has 1 aliphatic heterocycles. The first-order valence-electron chi connectivity index (χ1n) is 8.47. The van der Waals surface area contributed by atoms with Crippen molar-refractivity contribution >= 4 is 11.9 Å². The van der Waals surface area contributed by atoms with Gasteiger partial charge in [-0.25, -0.2) is 9.59 Å². The van der Waals surface area contributed by atoms with Crippen LogP contribution in [0.25, 0.3) is 0 Å². The predicted molar refractivity (Wildman–Crippen MR) is 93.9 cm³/mol. The summed E-state index contributed by atoms with van der Waals surface area (Å²) in [5, 5.41) is 21.0. The van der Waals surface area contributed by atoms with E-state index in [4.69, 9.17) is 14.2 Å². The van der Waals surface area contributed by atoms with Crippen LogP contribution in [0.1, 0.15) is 27.6 Å². The molecule has 2 N–H and O–H groups in total. The summed E-state index contributed by atoms with van der Waals surface area (Å²) in [7, 11) is 0. The normalized spacial score (nSPS) is 27.1. The molecule has 1 aliphatic rings. The molecule has 0 aromatic heterocycles. The molecule has 2 aromatic rings. The number of hydrogen-bond donors (Lipinski definition) is 2. The van der Waals surface area contributed by atoms with Crippen molar-refractivity contribution in [2.24, 2.45) is 0 Å². The number of aliphatic hydroxyl groups is 2. The van der Waals surface area contributed by atoms with E-state index in [2.05, 4.69) is 0 Å². The number of carbonyl (C=O) groups is 2. The highest BCUT2D eigenvalue weighted by Crippen LogP contribution is 2.32. The van der Waals surface area contributed by atoms with E-state index < -0.39 is 42.6 Å². The standard InChI is InChI=1S/C20H20O7/c1-13-16(26-19(23)15-10-6-3-7-11-15)17(21)20(24,27-13)12-25-18(22)14-8-4-2-5-9-14/h2-11,13,16-17,21,24H,12H2,1H3/t13-,16-,17-,20+/m0/s1. The second-order valence-electron chi connectivity index (χ2n) is 6.29. The molecule has 0 spiro atoms. The number of benzene rings is 2. The van der Waals surface area contributed by atoms with E-state index in [9.17, 15) is 19.8 Å². The summed E-state index contributed by atoms with van der Waals surface area (Å²) in [4.78, 5) is 24.2. The number of esters is 2. The average Bonchev–Trinajstić information content (AvgIpc) is 2.91. The van der Waals surface area contributed by atoms with Crippen LogP contribution in [0, 0.1) is 0 Å². The summed E-state index contributed by atoms with van der Waals surface area (Å²) in [6.07, 6.45) is -3.49. The van der Waals surface area contributed by atoms with E-state index in [1.165, 1.54) is 0 Å². The van der Waals surface area contributed by atoms with Crippen LogP contribution in [0.5, 0.6) is 0 Å². The van der Waals surface area contributed by atoms with E-state index in [0.29, 0.717) is 11.1 Å². The first-order valence-corrected chi connectivity index (χ1v) is 8.47. The molecule has 1 saturated heterocycles. The van der Waals surface area contributed by atoms with Gasteiger partial charge in [0.05, 0.1) is 17.2 Å². The molecule has 0 unspecified atom stereocenters. The smallest absolute Gasteiger partial charge is 0.338 e. The highest BCUT2D eigenvalue weighted by Gasteiger charge is 2.55. The molecule has 27 heavy (non-hydrogen) atoms. The second-order valence-corrected chi connectivity index (χ2v) is 6.29. The van der Waals surface area contributed by atoms with Crippen LogP contribution >= 0.6 is 0 Å². The molecule has 1 heterocycles. The van der Waals surface area contributed by atoms with Crippen molar-refractivity contribution in [1.29, 1.82) is 0 Å². The minimum absolute atomic E-state index is 0.300. The van der Waals surface area contributed by atoms with Gasteiger partial charge in [0.15, 0.2) is 12.2 Å². The Balaban J connectivity index is 1.63. The molecule has 0 radical (unpaired) electrons. The first kappa shape index (κ1) is 19.0. The summed E-state index contributed by atoms with van der Waals surface area (Å²) < 4.78 is 15.7. The summed E-state index contributed by atoms with van der Waals surface area (Å²) in [5.74, 6) is -3.50. The van der Waals surface area contributed by atoms with Gasteiger partial charge in [0, 0.05) is 0 Å². The van der Waals surface area contributed by atoms with E-state index in [1.54, 1.807) is 67.6 Å². The van der Waals surface area contributed by atoms with Crippen LogP contribution < -0.4 is 0 Å². The minimum atomic E-state index is -2.18. The fourth-order valence-corrected chi connectivity index (χ4v) is 2.84. The van der Waals surface area contributed by atoms with Crippen LogP contribution in [0.15, 0.2) is 60.7 Å². The Bertz CT molecular complexity index is 792. The van der Waals surface area contributed by atoms with Gasteiger partial charge in [-0.05, 0) is 31.2 Å². The first-order chi connectivity index (χ1) is 12.9. The SMILES string of the molecule is C[C@@H]1O[C@](O)(COC(=O)c2ccccc2)[C@@H](O)[C@H]1OC(=O)c1ccccc1. The van der Waals surface area contributed by atoms with Crippen LogP contribution in [0.2, 0.25) is 0 Å². The average molecular weight is 372 g/mol. The molecule has 0 aliphatic carbocycles. The molecule has 142 valence electrons. The zero-order valence-corrected chi connectivity index (χ0v) is 14.6. The molecular formula is C20H20O7. The van der Waals surface area contributed by atoms with Crippen LogP contribution in [0.4, 0.5) is 0 Å². The molecule has 7 nitrogen and oxygen atoms in total. The molecule has 2 aromatic carbocycles. The van der Waals surface area contributed by atoms with E-state index in [-0.39, 0.29) is 0 Å². The molecule has 4 atom stereocenters. The molecular weight excluding hydrogens is 352 g/mol. The highest BCUT2D eigenvalue weighted by atomic mass is 16.7. The summed E-state index contributed by atoms with van der Waals surface area (Å²) in [6.45, 7) is 0.939. The number of rotatable bonds is 5. The van der Waals surface area contributed by atoms with Gasteiger partial charge in [-0.1, -0.05) is 36.4 Å². The minimum Gasteiger partial charge on any atom is -0.456 e. The maximum absolute atomic E-state index is 12.2. The molecule has 1 fully saturated rings. The Morgan fingerprint density at radius 3 is 2.07 bits per heavy atom. The Morgan fingerprint density at radius 2 is 1.52 bits per heavy atom. The highest BCUT2D eigenvalue weighted by molar-refractivity contribution is 5.90. The van der Waals surface area contributed by atoms with Gasteiger partial charge >= 0.3 is 11.9 Å². The summed E-state index contributed by atoms with van der Waals surface area (Å²) in [6, 6.07) is 16.5. The maximum atomic E-state index is 12.2. The molecule has 7 heteroatoms. The monoisotopic (exact) mass is 372 g/mol. The molecule has 0 bridgehead atoms. The number of aliphatic hydroxyl groups excluding tert-OH is 1. The number of hydrogen-bond acceptors (Lipinski definition) is 7. The predicted octanol–water partition coefficient (Wildman–Crippen LogP) is 1.54. The van der Waals surface area contributed by atoms with Crippen molar-refractivity contribution in [3.8, 4) is 0 Å². The van der Waals surface area contributed by atoms with Crippen molar-refractivity contribution < 1.29 is 34.0 Å². The molecule has 0 amide bonds. The van der Waals surface area contributed by atoms with Crippen molar-refractivity contribution in [2.75, 3.05) is 6.61 Å². The lowest BCUT2D eigenvalue weighted by Gasteiger charge is -2.25. The second kappa shape index (κ2) is 7.87. The zero-order chi connectivity index (χ0) is 19.4. The van der Waals surface area contributed by atoms with E-state index >= 15 is 0 Å². The van der Waals surface area contributed by atoms with Gasteiger partial charge in [-0.3, -0.25) is 0 Å². The van der Waals surface area contributed by atoms with E-state index in [1.807, 2.05) is 0 Å². The zero-order valence-electron chi connectivity index (χ0n) is 14.6. The van der Waals surface area contributed by atoms with Gasteiger partial charge in [0.25, 0.3) is 0 Å². The quantitative estimate of drug-likeness (QED) is 0.768. The third kappa shape index (κ3) is 4.16. The van der Waals surface area contributed by atoms with Crippen LogP contribution in [-0.2, 0) is 14.2 Å². The Labute approximate surface area is 156 Å². The van der Waals surface area contributed by atoms with Crippen molar-refractivity contribution in [3.63, 3.8) is 0 Å². The third-order valence-corrected chi connectivity index (χ3v) is 4.30. The van der Waals surface area contributed by atoms with Gasteiger partial charge < -0.3 is 24.4 Å². The maximum Gasteiger partial charge on any atom is 0.338 e. The van der Waals surface area contributed by atoms with Crippen molar-refractivity contribution in [3.05, 3.63) is 71.8 Å². The van der Waals surface area contributed by atoms with Gasteiger partial charge in [-0.2, -0.15) is 0 Å². The van der Waals surface area contributed by atoms with Gasteiger partial charge in [0.2, 0.25) is 5.79 Å². The summed E-state index contributed by atoms with van der Waals surface area (Å²) in [5.41, 5.74) is 0.608. The van der Waals surface area contributed by atoms with Gasteiger partial charge in [0.1, 0.15) is 6.61 Å². The Hall–Kier alpha value is -2.74. The van der Waals surface area contributed by atoms with Gasteiger partial charge in [-0.15, -0.1) is 0 Å². The van der Waals surface area contributed by atoms with Crippen molar-refractivity contribution in [1.82, 2.24) is 0 Å². The molecule has 3 rings (SSSR count). The fourth-order valence-electron chi connectivity index (χ4n) is 2.84. The summed E-state index contributed by atoms with van der Waals surface area (Å²) >= 11 is 0. The lowest BCUT2D eigenvalue weighted by Crippen LogP contribution is -2.48. The molecule has 0 saturated carbocycles.